The van der Waals surface area contributed by atoms with Gasteiger partial charge in [-0.1, -0.05) is 12.1 Å². The van der Waals surface area contributed by atoms with Gasteiger partial charge in [0, 0.05) is 10.9 Å². The van der Waals surface area contributed by atoms with Gasteiger partial charge in [-0.05, 0) is 24.6 Å². The maximum absolute atomic E-state index is 5.68. The Kier molecular flexibility index (Phi) is 2.66. The molecule has 1 aliphatic heterocycles. The van der Waals surface area contributed by atoms with Crippen molar-refractivity contribution in [2.45, 2.75) is 12.7 Å². The van der Waals surface area contributed by atoms with Gasteiger partial charge in [-0.3, -0.25) is 0 Å². The zero-order valence-electron chi connectivity index (χ0n) is 9.43. The van der Waals surface area contributed by atoms with E-state index in [-0.39, 0.29) is 6.29 Å². The molecule has 2 N–H and O–H groups in total. The van der Waals surface area contributed by atoms with Gasteiger partial charge in [0.25, 0.3) is 0 Å². The highest BCUT2D eigenvalue weighted by Crippen LogP contribution is 2.29. The maximum Gasteiger partial charge on any atom is 0.184 e. The molecule has 0 saturated carbocycles. The molecule has 0 bridgehead atoms. The van der Waals surface area contributed by atoms with Crippen molar-refractivity contribution in [1.29, 1.82) is 0 Å². The summed E-state index contributed by atoms with van der Waals surface area (Å²) in [6, 6.07) is 9.67. The van der Waals surface area contributed by atoms with Gasteiger partial charge in [0.05, 0.1) is 18.7 Å². The van der Waals surface area contributed by atoms with Gasteiger partial charge in [0.2, 0.25) is 0 Å². The molecule has 4 nitrogen and oxygen atoms in total. The van der Waals surface area contributed by atoms with Crippen LogP contribution in [0.25, 0.3) is 10.9 Å². The van der Waals surface area contributed by atoms with Crippen molar-refractivity contribution < 1.29 is 9.47 Å². The molecule has 88 valence electrons. The Balaban J connectivity index is 2.09. The lowest BCUT2D eigenvalue weighted by atomic mass is 10.1. The number of nitrogens with zero attached hydrogens (tertiary/aromatic N) is 1. The average molecular weight is 230 g/mol. The molecule has 4 heteroatoms. The molecular formula is C13H14N2O2. The van der Waals surface area contributed by atoms with Crippen molar-refractivity contribution in [3.63, 3.8) is 0 Å². The number of fused-ring (bicyclic) bond motifs is 1. The Morgan fingerprint density at radius 3 is 2.76 bits per heavy atom. The molecule has 1 fully saturated rings. The van der Waals surface area contributed by atoms with E-state index in [0.717, 1.165) is 36.1 Å². The first-order valence-electron chi connectivity index (χ1n) is 5.73. The van der Waals surface area contributed by atoms with Crippen LogP contribution in [0.5, 0.6) is 0 Å². The lowest BCUT2D eigenvalue weighted by molar-refractivity contribution is -0.182. The summed E-state index contributed by atoms with van der Waals surface area (Å²) in [6.07, 6.45) is 0.671. The number of benzene rings is 1. The van der Waals surface area contributed by atoms with Crippen LogP contribution in [-0.2, 0) is 9.47 Å². The third-order valence-electron chi connectivity index (χ3n) is 2.87. The van der Waals surface area contributed by atoms with E-state index >= 15 is 0 Å². The first-order valence-corrected chi connectivity index (χ1v) is 5.73. The fraction of sp³-hybridized carbons (Fsp3) is 0.308. The highest BCUT2D eigenvalue weighted by molar-refractivity contribution is 5.83. The van der Waals surface area contributed by atoms with Crippen LogP contribution in [0.3, 0.4) is 0 Å². The summed E-state index contributed by atoms with van der Waals surface area (Å²) in [5.41, 5.74) is 7.58. The molecule has 0 unspecified atom stereocenters. The van der Waals surface area contributed by atoms with Crippen LogP contribution in [0.2, 0.25) is 0 Å². The van der Waals surface area contributed by atoms with Crippen molar-refractivity contribution in [3.8, 4) is 0 Å². The summed E-state index contributed by atoms with van der Waals surface area (Å²) in [5, 5.41) is 1.04. The number of hydrogen-bond donors (Lipinski definition) is 1. The van der Waals surface area contributed by atoms with Crippen LogP contribution in [0, 0.1) is 0 Å². The smallest absolute Gasteiger partial charge is 0.184 e. The van der Waals surface area contributed by atoms with Gasteiger partial charge in [-0.15, -0.1) is 0 Å². The minimum absolute atomic E-state index is 0.280. The monoisotopic (exact) mass is 230 g/mol. The summed E-state index contributed by atoms with van der Waals surface area (Å²) in [5.74, 6) is 0.528. The highest BCUT2D eigenvalue weighted by Gasteiger charge is 2.18. The molecule has 0 aliphatic carbocycles. The van der Waals surface area contributed by atoms with Gasteiger partial charge in [-0.25, -0.2) is 4.98 Å². The Bertz CT molecular complexity index is 536. The molecule has 1 aromatic carbocycles. The Morgan fingerprint density at radius 2 is 1.94 bits per heavy atom. The largest absolute Gasteiger partial charge is 0.384 e. The molecule has 0 amide bonds. The second-order valence-electron chi connectivity index (χ2n) is 4.08. The second kappa shape index (κ2) is 4.31. The van der Waals surface area contributed by atoms with Gasteiger partial charge in [0.1, 0.15) is 5.82 Å². The molecule has 0 spiro atoms. The van der Waals surface area contributed by atoms with E-state index in [0.29, 0.717) is 5.82 Å². The molecule has 1 aliphatic rings. The van der Waals surface area contributed by atoms with Crippen LogP contribution in [-0.4, -0.2) is 18.2 Å². The van der Waals surface area contributed by atoms with Gasteiger partial charge in [0.15, 0.2) is 6.29 Å². The van der Waals surface area contributed by atoms with Crippen LogP contribution in [0.1, 0.15) is 18.3 Å². The average Bonchev–Trinajstić information content (AvgIpc) is 2.39. The predicted molar refractivity (Wildman–Crippen MR) is 65.4 cm³/mol. The normalized spacial score (nSPS) is 17.4. The molecule has 1 aromatic heterocycles. The molecular weight excluding hydrogens is 216 g/mol. The van der Waals surface area contributed by atoms with E-state index in [4.69, 9.17) is 15.2 Å². The van der Waals surface area contributed by atoms with Crippen molar-refractivity contribution in [2.75, 3.05) is 18.9 Å². The van der Waals surface area contributed by atoms with Crippen molar-refractivity contribution >= 4 is 16.7 Å². The van der Waals surface area contributed by atoms with E-state index in [2.05, 4.69) is 4.98 Å². The van der Waals surface area contributed by atoms with E-state index < -0.39 is 0 Å². The van der Waals surface area contributed by atoms with E-state index in [1.807, 2.05) is 24.3 Å². The SMILES string of the molecule is Nc1ccc2c(C3OCCCO3)cccc2n1. The molecule has 3 rings (SSSR count). The standard InChI is InChI=1S/C13H14N2O2/c14-12-6-5-9-10(3-1-4-11(9)15-12)13-16-7-2-8-17-13/h1,3-6,13H,2,7-8H2,(H2,14,15). The lowest BCUT2D eigenvalue weighted by Crippen LogP contribution is -2.18. The van der Waals surface area contributed by atoms with Crippen molar-refractivity contribution in [3.05, 3.63) is 35.9 Å². The number of anilines is 1. The number of nitrogens with two attached hydrogens (primary N) is 1. The lowest BCUT2D eigenvalue weighted by Gasteiger charge is -2.24. The highest BCUT2D eigenvalue weighted by atomic mass is 16.7. The Labute approximate surface area is 99.4 Å². The topological polar surface area (TPSA) is 57.4 Å². The number of hydrogen-bond acceptors (Lipinski definition) is 4. The second-order valence-corrected chi connectivity index (χ2v) is 4.08. The first kappa shape index (κ1) is 10.5. The number of pyridine rings is 1. The number of ether oxygens (including phenoxy) is 2. The summed E-state index contributed by atoms with van der Waals surface area (Å²) >= 11 is 0. The van der Waals surface area contributed by atoms with Crippen LogP contribution in [0.4, 0.5) is 5.82 Å². The van der Waals surface area contributed by atoms with Gasteiger partial charge in [-0.2, -0.15) is 0 Å². The molecule has 0 radical (unpaired) electrons. The van der Waals surface area contributed by atoms with Crippen LogP contribution >= 0.6 is 0 Å². The van der Waals surface area contributed by atoms with E-state index in [9.17, 15) is 0 Å². The minimum atomic E-state index is -0.280. The fourth-order valence-corrected chi connectivity index (χ4v) is 2.07. The zero-order chi connectivity index (χ0) is 11.7. The third kappa shape index (κ3) is 1.97. The van der Waals surface area contributed by atoms with Crippen molar-refractivity contribution in [1.82, 2.24) is 4.98 Å². The van der Waals surface area contributed by atoms with E-state index in [1.165, 1.54) is 0 Å². The number of nitrogen functional groups attached to an aromatic ring is 1. The van der Waals surface area contributed by atoms with Crippen LogP contribution < -0.4 is 5.73 Å². The predicted octanol–water partition coefficient (Wildman–Crippen LogP) is 2.25. The minimum Gasteiger partial charge on any atom is -0.384 e. The third-order valence-corrected chi connectivity index (χ3v) is 2.87. The summed E-state index contributed by atoms with van der Waals surface area (Å²) in [4.78, 5) is 4.30. The first-order chi connectivity index (χ1) is 8.34. The summed E-state index contributed by atoms with van der Waals surface area (Å²) in [7, 11) is 0. The van der Waals surface area contributed by atoms with Crippen LogP contribution in [0.15, 0.2) is 30.3 Å². The Morgan fingerprint density at radius 1 is 1.12 bits per heavy atom. The number of aromatic nitrogens is 1. The zero-order valence-corrected chi connectivity index (χ0v) is 9.43. The Hall–Kier alpha value is -1.65. The molecule has 2 aromatic rings. The summed E-state index contributed by atoms with van der Waals surface area (Å²) in [6.45, 7) is 1.48. The summed E-state index contributed by atoms with van der Waals surface area (Å²) < 4.78 is 11.2. The molecule has 17 heavy (non-hydrogen) atoms. The van der Waals surface area contributed by atoms with Gasteiger partial charge >= 0.3 is 0 Å². The van der Waals surface area contributed by atoms with Crippen molar-refractivity contribution in [2.24, 2.45) is 0 Å². The maximum atomic E-state index is 5.68. The number of rotatable bonds is 1. The molecule has 1 saturated heterocycles. The molecule has 0 atom stereocenters. The molecule has 2 heterocycles. The quantitative estimate of drug-likeness (QED) is 0.816. The van der Waals surface area contributed by atoms with E-state index in [1.54, 1.807) is 6.07 Å². The fourth-order valence-electron chi connectivity index (χ4n) is 2.07. The van der Waals surface area contributed by atoms with Gasteiger partial charge < -0.3 is 15.2 Å².